The van der Waals surface area contributed by atoms with Crippen LogP contribution in [0.15, 0.2) is 36.7 Å². The first kappa shape index (κ1) is 21.3. The van der Waals surface area contributed by atoms with Crippen molar-refractivity contribution in [1.82, 2.24) is 20.2 Å². The maximum Gasteiger partial charge on any atom is 0.263 e. The molecule has 31 heavy (non-hydrogen) atoms. The van der Waals surface area contributed by atoms with Gasteiger partial charge in [0.25, 0.3) is 5.91 Å². The molecule has 2 N–H and O–H groups in total. The van der Waals surface area contributed by atoms with Gasteiger partial charge in [0, 0.05) is 44.0 Å². The third-order valence-corrected chi connectivity index (χ3v) is 5.82. The number of benzene rings is 1. The Morgan fingerprint density at radius 1 is 1.32 bits per heavy atom. The SMILES string of the molecule is COc1cccc(-c2cn3cc(C(=O)NCCC(=O)NOC4CCCCO4)sc3n2)c1. The summed E-state index contributed by atoms with van der Waals surface area (Å²) in [7, 11) is 1.62. The summed E-state index contributed by atoms with van der Waals surface area (Å²) in [5, 5.41) is 2.75. The van der Waals surface area contributed by atoms with Gasteiger partial charge in [-0.15, -0.1) is 0 Å². The zero-order chi connectivity index (χ0) is 21.6. The van der Waals surface area contributed by atoms with E-state index in [4.69, 9.17) is 14.3 Å². The van der Waals surface area contributed by atoms with Crippen molar-refractivity contribution in [3.63, 3.8) is 0 Å². The van der Waals surface area contributed by atoms with Crippen LogP contribution in [0.1, 0.15) is 35.4 Å². The summed E-state index contributed by atoms with van der Waals surface area (Å²) in [6, 6.07) is 7.65. The van der Waals surface area contributed by atoms with Gasteiger partial charge in [-0.05, 0) is 25.0 Å². The van der Waals surface area contributed by atoms with Crippen molar-refractivity contribution < 1.29 is 23.9 Å². The number of ether oxygens (including phenoxy) is 2. The van der Waals surface area contributed by atoms with Gasteiger partial charge in [0.1, 0.15) is 10.6 Å². The highest BCUT2D eigenvalue weighted by Gasteiger charge is 2.17. The smallest absolute Gasteiger partial charge is 0.263 e. The molecular weight excluding hydrogens is 420 g/mol. The highest BCUT2D eigenvalue weighted by molar-refractivity contribution is 7.18. The predicted octanol–water partition coefficient (Wildman–Crippen LogP) is 2.77. The molecule has 1 aromatic carbocycles. The number of aromatic nitrogens is 2. The lowest BCUT2D eigenvalue weighted by Crippen LogP contribution is -2.35. The number of carbonyl (C=O) groups excluding carboxylic acids is 2. The van der Waals surface area contributed by atoms with E-state index < -0.39 is 6.29 Å². The van der Waals surface area contributed by atoms with Gasteiger partial charge in [0.15, 0.2) is 11.3 Å². The number of nitrogens with one attached hydrogen (secondary N) is 2. The Morgan fingerprint density at radius 3 is 3.00 bits per heavy atom. The van der Waals surface area contributed by atoms with E-state index in [1.807, 2.05) is 34.9 Å². The molecule has 0 aliphatic carbocycles. The van der Waals surface area contributed by atoms with Crippen molar-refractivity contribution in [3.05, 3.63) is 41.5 Å². The van der Waals surface area contributed by atoms with Crippen LogP contribution in [0.5, 0.6) is 5.75 Å². The lowest BCUT2D eigenvalue weighted by molar-refractivity contribution is -0.200. The molecule has 4 rings (SSSR count). The van der Waals surface area contributed by atoms with Crippen molar-refractivity contribution in [3.8, 4) is 17.0 Å². The Hall–Kier alpha value is -2.95. The summed E-state index contributed by atoms with van der Waals surface area (Å²) >= 11 is 1.29. The standard InChI is InChI=1S/C21H24N4O5S/c1-28-15-6-4-5-14(11-15)16-12-25-13-17(31-21(25)23-16)20(27)22-9-8-18(26)24-30-19-7-2-3-10-29-19/h4-6,11-13,19H,2-3,7-10H2,1H3,(H,22,27)(H,24,26). The molecule has 2 aromatic heterocycles. The zero-order valence-electron chi connectivity index (χ0n) is 17.1. The summed E-state index contributed by atoms with van der Waals surface area (Å²) in [4.78, 5) is 35.3. The number of thiazole rings is 1. The lowest BCUT2D eigenvalue weighted by Gasteiger charge is -2.22. The number of hydrogen-bond acceptors (Lipinski definition) is 7. The van der Waals surface area contributed by atoms with Crippen molar-refractivity contribution in [2.24, 2.45) is 0 Å². The Balaban J connectivity index is 1.27. The normalized spacial score (nSPS) is 16.2. The van der Waals surface area contributed by atoms with E-state index in [1.54, 1.807) is 13.3 Å². The number of rotatable bonds is 8. The molecule has 1 unspecified atom stereocenters. The largest absolute Gasteiger partial charge is 0.497 e. The minimum Gasteiger partial charge on any atom is -0.497 e. The average Bonchev–Trinajstić information content (AvgIpc) is 3.38. The van der Waals surface area contributed by atoms with Gasteiger partial charge in [0.2, 0.25) is 5.91 Å². The van der Waals surface area contributed by atoms with Gasteiger partial charge in [-0.3, -0.25) is 14.0 Å². The highest BCUT2D eigenvalue weighted by atomic mass is 32.1. The minimum atomic E-state index is -0.392. The molecule has 0 radical (unpaired) electrons. The van der Waals surface area contributed by atoms with Crippen LogP contribution in [0.3, 0.4) is 0 Å². The van der Waals surface area contributed by atoms with Crippen LogP contribution in [0.4, 0.5) is 0 Å². The number of carbonyl (C=O) groups is 2. The summed E-state index contributed by atoms with van der Waals surface area (Å²) in [5.74, 6) is 0.204. The molecule has 1 atom stereocenters. The molecule has 0 bridgehead atoms. The molecule has 1 saturated heterocycles. The molecular formula is C21H24N4O5S. The molecule has 164 valence electrons. The molecule has 2 amide bonds. The van der Waals surface area contributed by atoms with Crippen LogP contribution < -0.4 is 15.5 Å². The number of hydroxylamine groups is 1. The van der Waals surface area contributed by atoms with Crippen LogP contribution in [-0.2, 0) is 14.4 Å². The molecule has 1 aliphatic heterocycles. The maximum absolute atomic E-state index is 12.4. The monoisotopic (exact) mass is 444 g/mol. The Labute approximate surface area is 183 Å². The van der Waals surface area contributed by atoms with E-state index in [0.29, 0.717) is 16.4 Å². The fourth-order valence-corrected chi connectivity index (χ4v) is 4.07. The number of fused-ring (bicyclic) bond motifs is 1. The third kappa shape index (κ3) is 5.40. The first-order valence-electron chi connectivity index (χ1n) is 10.1. The van der Waals surface area contributed by atoms with Gasteiger partial charge in [-0.2, -0.15) is 0 Å². The van der Waals surface area contributed by atoms with E-state index >= 15 is 0 Å². The fraction of sp³-hybridized carbons (Fsp3) is 0.381. The Kier molecular flexibility index (Phi) is 6.80. The van der Waals surface area contributed by atoms with Crippen LogP contribution in [0, 0.1) is 0 Å². The van der Waals surface area contributed by atoms with Crippen LogP contribution in [0.25, 0.3) is 16.2 Å². The van der Waals surface area contributed by atoms with Crippen LogP contribution in [-0.4, -0.2) is 47.8 Å². The average molecular weight is 445 g/mol. The van der Waals surface area contributed by atoms with Gasteiger partial charge in [-0.1, -0.05) is 23.5 Å². The van der Waals surface area contributed by atoms with Crippen molar-refractivity contribution in [1.29, 1.82) is 0 Å². The van der Waals surface area contributed by atoms with Crippen molar-refractivity contribution >= 4 is 28.1 Å². The second kappa shape index (κ2) is 9.90. The molecule has 1 aliphatic rings. The molecule has 9 nitrogen and oxygen atoms in total. The number of hydrogen-bond donors (Lipinski definition) is 2. The molecule has 10 heteroatoms. The quantitative estimate of drug-likeness (QED) is 0.518. The third-order valence-electron chi connectivity index (χ3n) is 4.82. The van der Waals surface area contributed by atoms with Crippen molar-refractivity contribution in [2.75, 3.05) is 20.3 Å². The molecule has 0 saturated carbocycles. The molecule has 3 aromatic rings. The zero-order valence-corrected chi connectivity index (χ0v) is 17.9. The summed E-state index contributed by atoms with van der Waals surface area (Å²) < 4.78 is 12.5. The fourth-order valence-electron chi connectivity index (χ4n) is 3.19. The Bertz CT molecular complexity index is 1030. The van der Waals surface area contributed by atoms with Gasteiger partial charge in [-0.25, -0.2) is 15.3 Å². The summed E-state index contributed by atoms with van der Waals surface area (Å²) in [6.07, 6.45) is 6.11. The summed E-state index contributed by atoms with van der Waals surface area (Å²) in [5.41, 5.74) is 4.12. The second-order valence-electron chi connectivity index (χ2n) is 7.09. The predicted molar refractivity (Wildman–Crippen MR) is 115 cm³/mol. The minimum absolute atomic E-state index is 0.112. The first-order valence-corrected chi connectivity index (χ1v) is 10.9. The molecule has 1 fully saturated rings. The number of methoxy groups -OCH3 is 1. The van der Waals surface area contributed by atoms with E-state index in [-0.39, 0.29) is 24.8 Å². The highest BCUT2D eigenvalue weighted by Crippen LogP contribution is 2.26. The Morgan fingerprint density at radius 2 is 2.23 bits per heavy atom. The number of amides is 2. The van der Waals surface area contributed by atoms with E-state index in [2.05, 4.69) is 15.8 Å². The van der Waals surface area contributed by atoms with E-state index in [1.165, 1.54) is 11.3 Å². The van der Waals surface area contributed by atoms with E-state index in [0.717, 1.165) is 36.3 Å². The maximum atomic E-state index is 12.4. The first-order chi connectivity index (χ1) is 15.1. The van der Waals surface area contributed by atoms with Crippen molar-refractivity contribution in [2.45, 2.75) is 32.0 Å². The van der Waals surface area contributed by atoms with Gasteiger partial charge in [0.05, 0.1) is 12.8 Å². The van der Waals surface area contributed by atoms with Crippen LogP contribution in [0.2, 0.25) is 0 Å². The topological polar surface area (TPSA) is 103 Å². The van der Waals surface area contributed by atoms with E-state index in [9.17, 15) is 9.59 Å². The molecule has 3 heterocycles. The van der Waals surface area contributed by atoms with Crippen LogP contribution >= 0.6 is 11.3 Å². The number of nitrogens with zero attached hydrogens (tertiary/aromatic N) is 2. The second-order valence-corrected chi connectivity index (χ2v) is 8.10. The van der Waals surface area contributed by atoms with Gasteiger partial charge >= 0.3 is 0 Å². The lowest BCUT2D eigenvalue weighted by atomic mass is 10.1. The van der Waals surface area contributed by atoms with Gasteiger partial charge < -0.3 is 14.8 Å². The number of imidazole rings is 1. The summed E-state index contributed by atoms with van der Waals surface area (Å²) in [6.45, 7) is 0.844. The molecule has 0 spiro atoms.